The van der Waals surface area contributed by atoms with E-state index in [9.17, 15) is 4.79 Å². The Bertz CT molecular complexity index is 785. The second-order valence-electron chi connectivity index (χ2n) is 6.61. The highest BCUT2D eigenvalue weighted by Crippen LogP contribution is 2.29. The molecule has 1 aliphatic heterocycles. The van der Waals surface area contributed by atoms with Gasteiger partial charge in [-0.15, -0.1) is 0 Å². The molecule has 1 fully saturated rings. The van der Waals surface area contributed by atoms with Gasteiger partial charge in [0.15, 0.2) is 0 Å². The summed E-state index contributed by atoms with van der Waals surface area (Å²) in [4.78, 5) is 14.5. The maximum atomic E-state index is 12.1. The molecule has 0 bridgehead atoms. The number of ether oxygens (including phenoxy) is 1. The zero-order valence-corrected chi connectivity index (χ0v) is 15.5. The molecule has 0 saturated carbocycles. The normalized spacial score (nSPS) is 19.2. The van der Waals surface area contributed by atoms with Crippen molar-refractivity contribution in [1.29, 1.82) is 0 Å². The van der Waals surface area contributed by atoms with Crippen molar-refractivity contribution in [3.63, 3.8) is 0 Å². The molecule has 5 heteroatoms. The lowest BCUT2D eigenvalue weighted by Gasteiger charge is -2.29. The van der Waals surface area contributed by atoms with Gasteiger partial charge in [0.25, 0.3) is 5.56 Å². The van der Waals surface area contributed by atoms with Gasteiger partial charge in [0, 0.05) is 41.0 Å². The maximum absolute atomic E-state index is 12.1. The Labute approximate surface area is 145 Å². The van der Waals surface area contributed by atoms with E-state index in [0.717, 1.165) is 39.8 Å². The van der Waals surface area contributed by atoms with Crippen LogP contribution in [-0.2, 0) is 7.05 Å². The van der Waals surface area contributed by atoms with Crippen LogP contribution in [0.4, 0.5) is 0 Å². The Morgan fingerprint density at radius 1 is 1.30 bits per heavy atom. The molecule has 1 aromatic carbocycles. The molecule has 0 aliphatic carbocycles. The molecular formula is C18H23BrN2O2. The second kappa shape index (κ2) is 6.65. The van der Waals surface area contributed by atoms with E-state index in [-0.39, 0.29) is 5.56 Å². The number of fused-ring (bicyclic) bond motifs is 1. The Morgan fingerprint density at radius 2 is 2.09 bits per heavy atom. The summed E-state index contributed by atoms with van der Waals surface area (Å²) in [5, 5.41) is 1.04. The molecular weight excluding hydrogens is 356 g/mol. The van der Waals surface area contributed by atoms with Crippen LogP contribution in [0.3, 0.4) is 0 Å². The van der Waals surface area contributed by atoms with Gasteiger partial charge in [0.05, 0.1) is 12.1 Å². The topological polar surface area (TPSA) is 34.5 Å². The molecule has 23 heavy (non-hydrogen) atoms. The first-order chi connectivity index (χ1) is 11.0. The molecule has 0 spiro atoms. The molecule has 2 heterocycles. The second-order valence-corrected chi connectivity index (χ2v) is 7.47. The summed E-state index contributed by atoms with van der Waals surface area (Å²) in [6.07, 6.45) is 2.45. The molecule has 4 nitrogen and oxygen atoms in total. The van der Waals surface area contributed by atoms with Crippen LogP contribution in [-0.4, -0.2) is 36.2 Å². The smallest absolute Gasteiger partial charge is 0.253 e. The molecule has 0 radical (unpaired) electrons. The lowest BCUT2D eigenvalue weighted by atomic mass is 9.99. The fraction of sp³-hybridized carbons (Fsp3) is 0.500. The quantitative estimate of drug-likeness (QED) is 0.821. The van der Waals surface area contributed by atoms with E-state index in [0.29, 0.717) is 5.92 Å². The summed E-state index contributed by atoms with van der Waals surface area (Å²) in [7, 11) is 3.97. The van der Waals surface area contributed by atoms with Crippen molar-refractivity contribution in [3.8, 4) is 5.75 Å². The van der Waals surface area contributed by atoms with Gasteiger partial charge in [-0.1, -0.05) is 0 Å². The van der Waals surface area contributed by atoms with E-state index in [1.807, 2.05) is 32.2 Å². The molecule has 1 aliphatic rings. The van der Waals surface area contributed by atoms with E-state index in [2.05, 4.69) is 27.9 Å². The summed E-state index contributed by atoms with van der Waals surface area (Å²) in [5.74, 6) is 1.39. The fourth-order valence-corrected chi connectivity index (χ4v) is 3.90. The molecule has 1 aromatic heterocycles. The number of likely N-dealkylation sites (tertiary alicyclic amines) is 1. The maximum Gasteiger partial charge on any atom is 0.253 e. The number of aryl methyl sites for hydroxylation is 2. The van der Waals surface area contributed by atoms with Crippen LogP contribution in [0.25, 0.3) is 10.9 Å². The summed E-state index contributed by atoms with van der Waals surface area (Å²) in [6.45, 7) is 4.84. The lowest BCUT2D eigenvalue weighted by molar-refractivity contribution is 0.150. The van der Waals surface area contributed by atoms with Gasteiger partial charge in [-0.3, -0.25) is 4.79 Å². The van der Waals surface area contributed by atoms with Crippen LogP contribution in [0.1, 0.15) is 18.4 Å². The average molecular weight is 379 g/mol. The zero-order chi connectivity index (χ0) is 16.6. The van der Waals surface area contributed by atoms with E-state index in [1.165, 1.54) is 19.4 Å². The minimum absolute atomic E-state index is 0.0375. The Kier molecular flexibility index (Phi) is 4.78. The first kappa shape index (κ1) is 16.5. The fourth-order valence-electron chi connectivity index (χ4n) is 3.36. The van der Waals surface area contributed by atoms with Gasteiger partial charge in [-0.25, -0.2) is 0 Å². The van der Waals surface area contributed by atoms with Crippen molar-refractivity contribution < 1.29 is 4.74 Å². The number of halogens is 1. The van der Waals surface area contributed by atoms with Crippen molar-refractivity contribution in [2.45, 2.75) is 19.8 Å². The molecule has 124 valence electrons. The molecule has 0 N–H and O–H groups in total. The average Bonchev–Trinajstić information content (AvgIpc) is 2.52. The molecule has 1 unspecified atom stereocenters. The minimum Gasteiger partial charge on any atom is -0.493 e. The number of piperidine rings is 1. The largest absolute Gasteiger partial charge is 0.493 e. The van der Waals surface area contributed by atoms with Crippen LogP contribution < -0.4 is 10.3 Å². The van der Waals surface area contributed by atoms with Gasteiger partial charge in [-0.05, 0) is 61.4 Å². The molecule has 1 saturated heterocycles. The van der Waals surface area contributed by atoms with Crippen LogP contribution in [0.5, 0.6) is 5.75 Å². The number of hydrogen-bond acceptors (Lipinski definition) is 3. The number of benzene rings is 1. The third-order valence-corrected chi connectivity index (χ3v) is 5.31. The summed E-state index contributed by atoms with van der Waals surface area (Å²) in [5.41, 5.74) is 1.68. The number of pyridine rings is 1. The molecule has 0 amide bonds. The number of hydrogen-bond donors (Lipinski definition) is 0. The van der Waals surface area contributed by atoms with E-state index in [1.54, 1.807) is 4.57 Å². The van der Waals surface area contributed by atoms with Crippen LogP contribution in [0.2, 0.25) is 0 Å². The minimum atomic E-state index is 0.0375. The Balaban J connectivity index is 1.86. The van der Waals surface area contributed by atoms with Crippen molar-refractivity contribution in [1.82, 2.24) is 9.47 Å². The first-order valence-electron chi connectivity index (χ1n) is 8.07. The standard InChI is InChI=1S/C18H23BrN2O2/c1-12-7-15-16(19)8-14(9-17(15)21(3)18(12)22)23-11-13-5-4-6-20(2)10-13/h7-9,13H,4-6,10-11H2,1-3H3. The summed E-state index contributed by atoms with van der Waals surface area (Å²) < 4.78 is 8.69. The molecule has 3 rings (SSSR count). The predicted octanol–water partition coefficient (Wildman–Crippen LogP) is 3.33. The summed E-state index contributed by atoms with van der Waals surface area (Å²) >= 11 is 3.61. The highest BCUT2D eigenvalue weighted by Gasteiger charge is 2.18. The number of aromatic nitrogens is 1. The van der Waals surface area contributed by atoms with Crippen molar-refractivity contribution >= 4 is 26.8 Å². The van der Waals surface area contributed by atoms with Gasteiger partial charge in [0.1, 0.15) is 5.75 Å². The van der Waals surface area contributed by atoms with Gasteiger partial charge in [0.2, 0.25) is 0 Å². The SMILES string of the molecule is Cc1cc2c(Br)cc(OCC3CCCN(C)C3)cc2n(C)c1=O. The molecule has 2 aromatic rings. The third kappa shape index (κ3) is 3.45. The summed E-state index contributed by atoms with van der Waals surface area (Å²) in [6, 6.07) is 5.90. The van der Waals surface area contributed by atoms with Gasteiger partial charge in [-0.2, -0.15) is 0 Å². The lowest BCUT2D eigenvalue weighted by Crippen LogP contribution is -2.34. The number of nitrogens with zero attached hydrogens (tertiary/aromatic N) is 2. The third-order valence-electron chi connectivity index (χ3n) is 4.65. The monoisotopic (exact) mass is 378 g/mol. The van der Waals surface area contributed by atoms with E-state index in [4.69, 9.17) is 4.74 Å². The van der Waals surface area contributed by atoms with E-state index < -0.39 is 0 Å². The van der Waals surface area contributed by atoms with E-state index >= 15 is 0 Å². The zero-order valence-electron chi connectivity index (χ0n) is 13.9. The number of rotatable bonds is 3. The van der Waals surface area contributed by atoms with Crippen LogP contribution in [0, 0.1) is 12.8 Å². The van der Waals surface area contributed by atoms with Crippen molar-refractivity contribution in [2.75, 3.05) is 26.7 Å². The Morgan fingerprint density at radius 3 is 2.83 bits per heavy atom. The highest BCUT2D eigenvalue weighted by molar-refractivity contribution is 9.10. The first-order valence-corrected chi connectivity index (χ1v) is 8.86. The van der Waals surface area contributed by atoms with Crippen LogP contribution >= 0.6 is 15.9 Å². The molecule has 1 atom stereocenters. The highest BCUT2D eigenvalue weighted by atomic mass is 79.9. The van der Waals surface area contributed by atoms with Crippen molar-refractivity contribution in [2.24, 2.45) is 13.0 Å². The van der Waals surface area contributed by atoms with Crippen LogP contribution in [0.15, 0.2) is 27.5 Å². The van der Waals surface area contributed by atoms with Crippen molar-refractivity contribution in [3.05, 3.63) is 38.6 Å². The van der Waals surface area contributed by atoms with Gasteiger partial charge < -0.3 is 14.2 Å². The van der Waals surface area contributed by atoms with Gasteiger partial charge >= 0.3 is 0 Å². The Hall–Kier alpha value is -1.33. The predicted molar refractivity (Wildman–Crippen MR) is 97.3 cm³/mol.